The van der Waals surface area contributed by atoms with Gasteiger partial charge in [-0.15, -0.1) is 0 Å². The van der Waals surface area contributed by atoms with Crippen LogP contribution in [0, 0.1) is 10.8 Å². The molecule has 1 atom stereocenters. The highest BCUT2D eigenvalue weighted by Crippen LogP contribution is 2.24. The average molecular weight is 244 g/mol. The fraction of sp³-hybridized carbons (Fsp3) is 0.846. The molecule has 0 fully saturated rings. The fourth-order valence-corrected chi connectivity index (χ4v) is 1.03. The first-order chi connectivity index (χ1) is 7.44. The number of esters is 2. The van der Waals surface area contributed by atoms with Crippen LogP contribution in [0.1, 0.15) is 48.5 Å². The monoisotopic (exact) mass is 244 g/mol. The number of rotatable bonds is 3. The highest BCUT2D eigenvalue weighted by Gasteiger charge is 2.31. The quantitative estimate of drug-likeness (QED) is 0.716. The van der Waals surface area contributed by atoms with Crippen molar-refractivity contribution in [1.29, 1.82) is 0 Å². The zero-order chi connectivity index (χ0) is 13.9. The van der Waals surface area contributed by atoms with Crippen LogP contribution in [0.25, 0.3) is 0 Å². The molecule has 0 bridgehead atoms. The molecular formula is C13H24O4. The molecule has 0 N–H and O–H groups in total. The van der Waals surface area contributed by atoms with Gasteiger partial charge in [0.2, 0.25) is 0 Å². The van der Waals surface area contributed by atoms with Gasteiger partial charge in [-0.2, -0.15) is 0 Å². The van der Waals surface area contributed by atoms with E-state index in [0.29, 0.717) is 0 Å². The highest BCUT2D eigenvalue weighted by atomic mass is 16.6. The lowest BCUT2D eigenvalue weighted by Gasteiger charge is -2.30. The maximum atomic E-state index is 11.6. The molecule has 0 aromatic heterocycles. The van der Waals surface area contributed by atoms with Crippen LogP contribution in [0.5, 0.6) is 0 Å². The third-order valence-corrected chi connectivity index (χ3v) is 2.25. The first-order valence-corrected chi connectivity index (χ1v) is 5.79. The van der Waals surface area contributed by atoms with E-state index >= 15 is 0 Å². The van der Waals surface area contributed by atoms with Crippen molar-refractivity contribution in [3.05, 3.63) is 0 Å². The molecule has 4 nitrogen and oxygen atoms in total. The van der Waals surface area contributed by atoms with Crippen LogP contribution in [0.15, 0.2) is 0 Å². The van der Waals surface area contributed by atoms with Gasteiger partial charge in [0, 0.05) is 12.3 Å². The number of hydrogen-bond acceptors (Lipinski definition) is 4. The Morgan fingerprint density at radius 1 is 1.06 bits per heavy atom. The summed E-state index contributed by atoms with van der Waals surface area (Å²) in [5.74, 6) is -0.657. The molecule has 0 aliphatic carbocycles. The van der Waals surface area contributed by atoms with Gasteiger partial charge in [0.25, 0.3) is 0 Å². The van der Waals surface area contributed by atoms with Crippen molar-refractivity contribution >= 4 is 11.9 Å². The molecule has 1 unspecified atom stereocenters. The first kappa shape index (κ1) is 15.9. The SMILES string of the molecule is CC(=O)OC(COC(=O)C(C)(C)C)C(C)(C)C. The van der Waals surface area contributed by atoms with E-state index in [1.807, 2.05) is 20.8 Å². The molecule has 0 rings (SSSR count). The van der Waals surface area contributed by atoms with E-state index in [9.17, 15) is 9.59 Å². The van der Waals surface area contributed by atoms with Gasteiger partial charge in [-0.25, -0.2) is 0 Å². The summed E-state index contributed by atoms with van der Waals surface area (Å²) in [4.78, 5) is 22.6. The maximum absolute atomic E-state index is 11.6. The molecule has 17 heavy (non-hydrogen) atoms. The predicted octanol–water partition coefficient (Wildman–Crippen LogP) is 2.55. The molecule has 0 amide bonds. The molecule has 0 saturated heterocycles. The molecule has 100 valence electrons. The molecule has 0 spiro atoms. The van der Waals surface area contributed by atoms with E-state index < -0.39 is 11.5 Å². The van der Waals surface area contributed by atoms with Crippen LogP contribution in [0.2, 0.25) is 0 Å². The van der Waals surface area contributed by atoms with Crippen molar-refractivity contribution < 1.29 is 19.1 Å². The third-order valence-electron chi connectivity index (χ3n) is 2.25. The second kappa shape index (κ2) is 5.52. The smallest absolute Gasteiger partial charge is 0.311 e. The summed E-state index contributed by atoms with van der Waals surface area (Å²) in [6.45, 7) is 12.6. The second-order valence-corrected chi connectivity index (χ2v) is 6.31. The molecule has 0 saturated carbocycles. The van der Waals surface area contributed by atoms with Gasteiger partial charge in [-0.1, -0.05) is 20.8 Å². The summed E-state index contributed by atoms with van der Waals surface area (Å²) in [6, 6.07) is 0. The average Bonchev–Trinajstić information content (AvgIpc) is 2.07. The Balaban J connectivity index is 4.48. The van der Waals surface area contributed by atoms with E-state index in [-0.39, 0.29) is 24.0 Å². The summed E-state index contributed by atoms with van der Waals surface area (Å²) in [5.41, 5.74) is -0.803. The van der Waals surface area contributed by atoms with Crippen molar-refractivity contribution in [1.82, 2.24) is 0 Å². The Kier molecular flexibility index (Phi) is 5.17. The van der Waals surface area contributed by atoms with Crippen molar-refractivity contribution in [2.24, 2.45) is 10.8 Å². The number of carbonyl (C=O) groups excluding carboxylic acids is 2. The van der Waals surface area contributed by atoms with Crippen molar-refractivity contribution in [3.8, 4) is 0 Å². The van der Waals surface area contributed by atoms with Crippen LogP contribution >= 0.6 is 0 Å². The lowest BCUT2D eigenvalue weighted by molar-refractivity contribution is -0.168. The molecule has 0 heterocycles. The highest BCUT2D eigenvalue weighted by molar-refractivity contribution is 5.75. The minimum Gasteiger partial charge on any atom is -0.461 e. The molecule has 0 aliphatic heterocycles. The van der Waals surface area contributed by atoms with Crippen molar-refractivity contribution in [2.75, 3.05) is 6.61 Å². The summed E-state index contributed by atoms with van der Waals surface area (Å²) < 4.78 is 10.3. The van der Waals surface area contributed by atoms with Crippen LogP contribution in [-0.2, 0) is 19.1 Å². The van der Waals surface area contributed by atoms with E-state index in [4.69, 9.17) is 9.47 Å². The Morgan fingerprint density at radius 3 is 1.82 bits per heavy atom. The van der Waals surface area contributed by atoms with Gasteiger partial charge in [0.1, 0.15) is 12.7 Å². The predicted molar refractivity (Wildman–Crippen MR) is 65.4 cm³/mol. The van der Waals surface area contributed by atoms with Crippen LogP contribution in [-0.4, -0.2) is 24.6 Å². The molecule has 0 aliphatic rings. The Bertz CT molecular complexity index is 281. The third kappa shape index (κ3) is 6.29. The Labute approximate surface area is 104 Å². The minimum absolute atomic E-state index is 0.0964. The lowest BCUT2D eigenvalue weighted by atomic mass is 9.89. The van der Waals surface area contributed by atoms with Gasteiger partial charge < -0.3 is 9.47 Å². The Hall–Kier alpha value is -1.06. The van der Waals surface area contributed by atoms with Gasteiger partial charge >= 0.3 is 11.9 Å². The zero-order valence-corrected chi connectivity index (χ0v) is 11.9. The summed E-state index contributed by atoms with van der Waals surface area (Å²) >= 11 is 0. The molecule has 0 radical (unpaired) electrons. The fourth-order valence-electron chi connectivity index (χ4n) is 1.03. The van der Waals surface area contributed by atoms with Gasteiger partial charge in [-0.05, 0) is 20.8 Å². The zero-order valence-electron chi connectivity index (χ0n) is 11.9. The number of ether oxygens (including phenoxy) is 2. The number of carbonyl (C=O) groups is 2. The Morgan fingerprint density at radius 2 is 1.53 bits per heavy atom. The van der Waals surface area contributed by atoms with Gasteiger partial charge in [-0.3, -0.25) is 9.59 Å². The van der Waals surface area contributed by atoms with Crippen LogP contribution in [0.3, 0.4) is 0 Å². The van der Waals surface area contributed by atoms with Crippen LogP contribution < -0.4 is 0 Å². The second-order valence-electron chi connectivity index (χ2n) is 6.31. The summed E-state index contributed by atoms with van der Waals surface area (Å²) in [7, 11) is 0. The van der Waals surface area contributed by atoms with E-state index in [1.54, 1.807) is 20.8 Å². The topological polar surface area (TPSA) is 52.6 Å². The van der Waals surface area contributed by atoms with E-state index in [0.717, 1.165) is 0 Å². The largest absolute Gasteiger partial charge is 0.461 e. The summed E-state index contributed by atoms with van der Waals surface area (Å²) in [6.07, 6.45) is -0.425. The van der Waals surface area contributed by atoms with E-state index in [2.05, 4.69) is 0 Å². The first-order valence-electron chi connectivity index (χ1n) is 5.79. The van der Waals surface area contributed by atoms with Crippen molar-refractivity contribution in [3.63, 3.8) is 0 Å². The number of hydrogen-bond donors (Lipinski definition) is 0. The van der Waals surface area contributed by atoms with Gasteiger partial charge in [0.05, 0.1) is 5.41 Å². The van der Waals surface area contributed by atoms with Crippen molar-refractivity contribution in [2.45, 2.75) is 54.6 Å². The standard InChI is InChI=1S/C13H24O4/c1-9(14)17-10(12(2,3)4)8-16-11(15)13(5,6)7/h10H,8H2,1-7H3. The molecule has 0 aromatic rings. The molecule has 4 heteroatoms. The van der Waals surface area contributed by atoms with Crippen LogP contribution in [0.4, 0.5) is 0 Å². The molecular weight excluding hydrogens is 220 g/mol. The lowest BCUT2D eigenvalue weighted by Crippen LogP contribution is -2.37. The molecule has 0 aromatic carbocycles. The maximum Gasteiger partial charge on any atom is 0.311 e. The van der Waals surface area contributed by atoms with E-state index in [1.165, 1.54) is 6.92 Å². The van der Waals surface area contributed by atoms with Gasteiger partial charge in [0.15, 0.2) is 0 Å². The normalized spacial score (nSPS) is 14.1. The summed E-state index contributed by atoms with van der Waals surface area (Å²) in [5, 5.41) is 0. The minimum atomic E-state index is -0.543.